The Bertz CT molecular complexity index is 505. The van der Waals surface area contributed by atoms with Crippen molar-refractivity contribution in [1.29, 1.82) is 0 Å². The number of aromatic nitrogens is 3. The first-order valence-corrected chi connectivity index (χ1v) is 4.91. The molecule has 5 nitrogen and oxygen atoms in total. The maximum absolute atomic E-state index is 11.6. The molecule has 1 amide bonds. The van der Waals surface area contributed by atoms with Gasteiger partial charge in [-0.2, -0.15) is 5.10 Å². The van der Waals surface area contributed by atoms with Gasteiger partial charge in [0, 0.05) is 5.69 Å². The number of aromatic amines is 1. The molecule has 0 saturated carbocycles. The van der Waals surface area contributed by atoms with Crippen LogP contribution in [0.3, 0.4) is 0 Å². The third kappa shape index (κ3) is 2.08. The lowest BCUT2D eigenvalue weighted by molar-refractivity contribution is 0.101. The number of hydrogen-bond donors (Lipinski definition) is 2. The number of carbonyl (C=O) groups excluding carboxylic acids is 1. The van der Waals surface area contributed by atoms with E-state index in [4.69, 9.17) is 0 Å². The fourth-order valence-electron chi connectivity index (χ4n) is 1.32. The highest BCUT2D eigenvalue weighted by molar-refractivity contribution is 6.01. The van der Waals surface area contributed by atoms with Crippen LogP contribution in [0.5, 0.6) is 0 Å². The lowest BCUT2D eigenvalue weighted by atomic mass is 10.1. The number of aryl methyl sites for hydroxylation is 2. The number of nitrogens with zero attached hydrogens (tertiary/aromatic N) is 2. The monoisotopic (exact) mass is 216 g/mol. The van der Waals surface area contributed by atoms with Gasteiger partial charge in [-0.1, -0.05) is 6.07 Å². The van der Waals surface area contributed by atoms with Crippen LogP contribution in [0.2, 0.25) is 0 Å². The zero-order chi connectivity index (χ0) is 11.5. The van der Waals surface area contributed by atoms with Gasteiger partial charge >= 0.3 is 0 Å². The Kier molecular flexibility index (Phi) is 2.68. The van der Waals surface area contributed by atoms with E-state index in [1.807, 2.05) is 32.0 Å². The molecule has 0 aliphatic heterocycles. The molecule has 0 aliphatic rings. The second kappa shape index (κ2) is 4.14. The van der Waals surface area contributed by atoms with E-state index in [1.54, 1.807) is 0 Å². The molecule has 0 fully saturated rings. The van der Waals surface area contributed by atoms with E-state index < -0.39 is 0 Å². The highest BCUT2D eigenvalue weighted by Crippen LogP contribution is 2.14. The number of H-pyrrole nitrogens is 1. The van der Waals surface area contributed by atoms with Crippen LogP contribution in [0.15, 0.2) is 24.5 Å². The number of amides is 1. The molecule has 2 rings (SSSR count). The standard InChI is InChI=1S/C11H12N4O/c1-7-3-4-9(5-8(7)2)14-11(16)10-12-6-13-15-10/h3-6H,1-2H3,(H,14,16)(H,12,13,15). The summed E-state index contributed by atoms with van der Waals surface area (Å²) in [6, 6.07) is 5.74. The number of carbonyl (C=O) groups is 1. The summed E-state index contributed by atoms with van der Waals surface area (Å²) >= 11 is 0. The Hall–Kier alpha value is -2.17. The summed E-state index contributed by atoms with van der Waals surface area (Å²) in [6.07, 6.45) is 1.30. The predicted molar refractivity (Wildman–Crippen MR) is 60.3 cm³/mol. The summed E-state index contributed by atoms with van der Waals surface area (Å²) in [5.41, 5.74) is 3.08. The first-order chi connectivity index (χ1) is 7.66. The largest absolute Gasteiger partial charge is 0.319 e. The molecule has 0 unspecified atom stereocenters. The van der Waals surface area contributed by atoms with Crippen LogP contribution in [-0.2, 0) is 0 Å². The normalized spacial score (nSPS) is 10.1. The van der Waals surface area contributed by atoms with Crippen LogP contribution in [-0.4, -0.2) is 21.1 Å². The van der Waals surface area contributed by atoms with Gasteiger partial charge in [0.1, 0.15) is 6.33 Å². The molecule has 0 atom stereocenters. The van der Waals surface area contributed by atoms with Gasteiger partial charge in [-0.05, 0) is 37.1 Å². The fraction of sp³-hybridized carbons (Fsp3) is 0.182. The molecule has 1 aromatic heterocycles. The number of benzene rings is 1. The molecule has 0 saturated heterocycles. The van der Waals surface area contributed by atoms with E-state index in [2.05, 4.69) is 20.5 Å². The van der Waals surface area contributed by atoms with E-state index >= 15 is 0 Å². The van der Waals surface area contributed by atoms with Crippen molar-refractivity contribution in [2.24, 2.45) is 0 Å². The van der Waals surface area contributed by atoms with Gasteiger partial charge in [-0.25, -0.2) is 4.98 Å². The molecular weight excluding hydrogens is 204 g/mol. The summed E-state index contributed by atoms with van der Waals surface area (Å²) in [7, 11) is 0. The molecule has 1 aromatic carbocycles. The van der Waals surface area contributed by atoms with Crippen molar-refractivity contribution in [3.8, 4) is 0 Å². The second-order valence-corrected chi connectivity index (χ2v) is 3.59. The Morgan fingerprint density at radius 3 is 2.75 bits per heavy atom. The van der Waals surface area contributed by atoms with Gasteiger partial charge in [0.2, 0.25) is 5.82 Å². The minimum atomic E-state index is -0.291. The van der Waals surface area contributed by atoms with Crippen LogP contribution >= 0.6 is 0 Å². The Balaban J connectivity index is 2.15. The summed E-state index contributed by atoms with van der Waals surface area (Å²) in [5.74, 6) is -0.0843. The van der Waals surface area contributed by atoms with Crippen LogP contribution in [0.4, 0.5) is 5.69 Å². The molecule has 2 aromatic rings. The van der Waals surface area contributed by atoms with Crippen molar-refractivity contribution in [3.05, 3.63) is 41.5 Å². The smallest absolute Gasteiger partial charge is 0.292 e. The third-order valence-corrected chi connectivity index (χ3v) is 2.39. The van der Waals surface area contributed by atoms with Gasteiger partial charge in [-0.3, -0.25) is 9.89 Å². The minimum absolute atomic E-state index is 0.207. The summed E-state index contributed by atoms with van der Waals surface area (Å²) in [5, 5.41) is 8.87. The number of rotatable bonds is 2. The van der Waals surface area contributed by atoms with Crippen molar-refractivity contribution in [2.75, 3.05) is 5.32 Å². The highest BCUT2D eigenvalue weighted by atomic mass is 16.2. The topological polar surface area (TPSA) is 70.7 Å². The minimum Gasteiger partial charge on any atom is -0.319 e. The number of anilines is 1. The lowest BCUT2D eigenvalue weighted by Gasteiger charge is -2.05. The number of hydrogen-bond acceptors (Lipinski definition) is 3. The Morgan fingerprint density at radius 2 is 2.12 bits per heavy atom. The SMILES string of the molecule is Cc1ccc(NC(=O)c2ncn[nH]2)cc1C. The average Bonchev–Trinajstić information content (AvgIpc) is 2.77. The molecule has 0 aliphatic carbocycles. The molecule has 16 heavy (non-hydrogen) atoms. The average molecular weight is 216 g/mol. The van der Waals surface area contributed by atoms with Gasteiger partial charge in [-0.15, -0.1) is 0 Å². The van der Waals surface area contributed by atoms with E-state index in [1.165, 1.54) is 11.9 Å². The third-order valence-electron chi connectivity index (χ3n) is 2.39. The molecule has 0 spiro atoms. The van der Waals surface area contributed by atoms with Crippen molar-refractivity contribution in [3.63, 3.8) is 0 Å². The van der Waals surface area contributed by atoms with Crippen molar-refractivity contribution in [1.82, 2.24) is 15.2 Å². The summed E-state index contributed by atoms with van der Waals surface area (Å²) in [6.45, 7) is 4.02. The zero-order valence-corrected chi connectivity index (χ0v) is 9.11. The fourth-order valence-corrected chi connectivity index (χ4v) is 1.32. The molecule has 5 heteroatoms. The quantitative estimate of drug-likeness (QED) is 0.802. The molecule has 82 valence electrons. The molecule has 1 heterocycles. The van der Waals surface area contributed by atoms with E-state index in [0.717, 1.165) is 11.3 Å². The van der Waals surface area contributed by atoms with Crippen molar-refractivity contribution in [2.45, 2.75) is 13.8 Å². The molecule has 2 N–H and O–H groups in total. The van der Waals surface area contributed by atoms with Crippen LogP contribution < -0.4 is 5.32 Å². The second-order valence-electron chi connectivity index (χ2n) is 3.59. The van der Waals surface area contributed by atoms with Crippen molar-refractivity contribution >= 4 is 11.6 Å². The zero-order valence-electron chi connectivity index (χ0n) is 9.11. The number of nitrogens with one attached hydrogen (secondary N) is 2. The van der Waals surface area contributed by atoms with Crippen molar-refractivity contribution < 1.29 is 4.79 Å². The van der Waals surface area contributed by atoms with Gasteiger partial charge in [0.25, 0.3) is 5.91 Å². The maximum atomic E-state index is 11.6. The van der Waals surface area contributed by atoms with E-state index in [-0.39, 0.29) is 11.7 Å². The lowest BCUT2D eigenvalue weighted by Crippen LogP contribution is -2.13. The van der Waals surface area contributed by atoms with Crippen LogP contribution in [0.25, 0.3) is 0 Å². The van der Waals surface area contributed by atoms with Crippen LogP contribution in [0, 0.1) is 13.8 Å². The molecular formula is C11H12N4O. The Morgan fingerprint density at radius 1 is 1.31 bits per heavy atom. The first kappa shape index (κ1) is 10.4. The first-order valence-electron chi connectivity index (χ1n) is 4.91. The molecule has 0 radical (unpaired) electrons. The molecule has 0 bridgehead atoms. The van der Waals surface area contributed by atoms with Gasteiger partial charge in [0.15, 0.2) is 0 Å². The maximum Gasteiger partial charge on any atom is 0.292 e. The Labute approximate surface area is 92.9 Å². The predicted octanol–water partition coefficient (Wildman–Crippen LogP) is 1.67. The summed E-state index contributed by atoms with van der Waals surface area (Å²) in [4.78, 5) is 15.4. The van der Waals surface area contributed by atoms with E-state index in [9.17, 15) is 4.79 Å². The van der Waals surface area contributed by atoms with E-state index in [0.29, 0.717) is 0 Å². The van der Waals surface area contributed by atoms with Gasteiger partial charge < -0.3 is 5.32 Å². The summed E-state index contributed by atoms with van der Waals surface area (Å²) < 4.78 is 0. The van der Waals surface area contributed by atoms with Gasteiger partial charge in [0.05, 0.1) is 0 Å². The highest BCUT2D eigenvalue weighted by Gasteiger charge is 2.08. The van der Waals surface area contributed by atoms with Crippen LogP contribution in [0.1, 0.15) is 21.7 Å².